The first-order chi connectivity index (χ1) is 11.6. The van der Waals surface area contributed by atoms with Crippen molar-refractivity contribution in [1.29, 1.82) is 0 Å². The molecule has 9 nitrogen and oxygen atoms in total. The lowest BCUT2D eigenvalue weighted by Crippen LogP contribution is -2.27. The van der Waals surface area contributed by atoms with Gasteiger partial charge >= 0.3 is 5.97 Å². The molecule has 0 saturated carbocycles. The summed E-state index contributed by atoms with van der Waals surface area (Å²) < 4.78 is 11.2. The van der Waals surface area contributed by atoms with Gasteiger partial charge in [0.2, 0.25) is 11.7 Å². The van der Waals surface area contributed by atoms with Crippen molar-refractivity contribution >= 4 is 17.8 Å². The Morgan fingerprint density at radius 2 is 2.04 bits per heavy atom. The molecule has 1 amide bonds. The van der Waals surface area contributed by atoms with Crippen molar-refractivity contribution in [3.63, 3.8) is 0 Å². The van der Waals surface area contributed by atoms with Crippen molar-refractivity contribution in [2.75, 3.05) is 25.5 Å². The van der Waals surface area contributed by atoms with Gasteiger partial charge in [-0.3, -0.25) is 10.1 Å². The predicted molar refractivity (Wildman–Crippen MR) is 83.8 cm³/mol. The monoisotopic (exact) mass is 333 g/mol. The van der Waals surface area contributed by atoms with Gasteiger partial charge in [0.15, 0.2) is 11.6 Å². The summed E-state index contributed by atoms with van der Waals surface area (Å²) in [5.74, 6) is 0.183. The van der Waals surface area contributed by atoms with Crippen LogP contribution < -0.4 is 10.6 Å². The summed E-state index contributed by atoms with van der Waals surface area (Å²) >= 11 is 0. The number of nitrogens with one attached hydrogen (secondary N) is 2. The average molecular weight is 333 g/mol. The molecule has 2 aromatic heterocycles. The highest BCUT2D eigenvalue weighted by Crippen LogP contribution is 2.23. The minimum atomic E-state index is -0.638. The van der Waals surface area contributed by atoms with E-state index in [1.807, 2.05) is 0 Å². The minimum Gasteiger partial charge on any atom is -0.463 e. The number of hydrogen-bond donors (Lipinski definition) is 2. The average Bonchev–Trinajstić information content (AvgIpc) is 3.23. The second kappa shape index (κ2) is 6.83. The number of piperidine rings is 1. The van der Waals surface area contributed by atoms with Crippen LogP contribution in [0.4, 0.5) is 5.95 Å². The molecule has 0 unspecified atom stereocenters. The summed E-state index contributed by atoms with van der Waals surface area (Å²) in [5.41, 5.74) is 0. The number of aromatic nitrogens is 3. The molecule has 1 aliphatic heterocycles. The standard InChI is InChI=1S/C15H19N5O4/c1-20-15(17-12(19-20)9-5-7-16-8-6-9)18-13(21)10-3-4-11(24-10)14(22)23-2/h3-4,9,16H,5-8H2,1-2H3,(H,17,18,19,21). The molecule has 0 radical (unpaired) electrons. The fraction of sp³-hybridized carbons (Fsp3) is 0.467. The molecule has 3 heterocycles. The zero-order chi connectivity index (χ0) is 17.1. The Hall–Kier alpha value is -2.68. The Morgan fingerprint density at radius 1 is 1.33 bits per heavy atom. The number of carbonyl (C=O) groups excluding carboxylic acids is 2. The lowest BCUT2D eigenvalue weighted by molar-refractivity contribution is 0.0563. The van der Waals surface area contributed by atoms with Gasteiger partial charge in [-0.15, -0.1) is 0 Å². The summed E-state index contributed by atoms with van der Waals surface area (Å²) in [7, 11) is 2.96. The van der Waals surface area contributed by atoms with Crippen LogP contribution in [-0.4, -0.2) is 46.8 Å². The van der Waals surface area contributed by atoms with Crippen LogP contribution in [0.15, 0.2) is 16.5 Å². The minimum absolute atomic E-state index is 0.00168. The van der Waals surface area contributed by atoms with E-state index in [4.69, 9.17) is 4.42 Å². The van der Waals surface area contributed by atoms with Crippen molar-refractivity contribution < 1.29 is 18.7 Å². The summed E-state index contributed by atoms with van der Waals surface area (Å²) in [4.78, 5) is 28.0. The van der Waals surface area contributed by atoms with Gasteiger partial charge in [0.05, 0.1) is 7.11 Å². The highest BCUT2D eigenvalue weighted by atomic mass is 16.5. The van der Waals surface area contributed by atoms with Crippen LogP contribution in [0, 0.1) is 0 Å². The summed E-state index contributed by atoms with van der Waals surface area (Å²) in [5, 5.41) is 10.3. The van der Waals surface area contributed by atoms with Gasteiger partial charge < -0.3 is 14.5 Å². The van der Waals surface area contributed by atoms with E-state index >= 15 is 0 Å². The van der Waals surface area contributed by atoms with E-state index in [9.17, 15) is 9.59 Å². The molecule has 1 fully saturated rings. The van der Waals surface area contributed by atoms with Gasteiger partial charge in [-0.05, 0) is 38.1 Å². The van der Waals surface area contributed by atoms with Gasteiger partial charge in [-0.1, -0.05) is 0 Å². The number of ether oxygens (including phenoxy) is 1. The Kier molecular flexibility index (Phi) is 4.61. The molecule has 2 N–H and O–H groups in total. The zero-order valence-electron chi connectivity index (χ0n) is 13.5. The Balaban J connectivity index is 1.71. The largest absolute Gasteiger partial charge is 0.463 e. The van der Waals surface area contributed by atoms with Crippen LogP contribution in [0.2, 0.25) is 0 Å². The molecular formula is C15H19N5O4. The van der Waals surface area contributed by atoms with E-state index in [-0.39, 0.29) is 17.4 Å². The van der Waals surface area contributed by atoms with Crippen molar-refractivity contribution in [3.8, 4) is 0 Å². The van der Waals surface area contributed by atoms with Gasteiger partial charge in [-0.25, -0.2) is 9.48 Å². The van der Waals surface area contributed by atoms with E-state index < -0.39 is 11.9 Å². The third kappa shape index (κ3) is 3.30. The quantitative estimate of drug-likeness (QED) is 0.800. The van der Waals surface area contributed by atoms with Crippen molar-refractivity contribution in [3.05, 3.63) is 29.5 Å². The van der Waals surface area contributed by atoms with Crippen molar-refractivity contribution in [2.24, 2.45) is 7.05 Å². The van der Waals surface area contributed by atoms with E-state index in [1.165, 1.54) is 23.9 Å². The lowest BCUT2D eigenvalue weighted by Gasteiger charge is -2.19. The van der Waals surface area contributed by atoms with E-state index in [0.29, 0.717) is 5.95 Å². The topological polar surface area (TPSA) is 111 Å². The second-order valence-electron chi connectivity index (χ2n) is 5.55. The zero-order valence-corrected chi connectivity index (χ0v) is 13.5. The molecule has 1 aliphatic rings. The second-order valence-corrected chi connectivity index (χ2v) is 5.55. The maximum Gasteiger partial charge on any atom is 0.373 e. The van der Waals surface area contributed by atoms with Crippen molar-refractivity contribution in [2.45, 2.75) is 18.8 Å². The summed E-state index contributed by atoms with van der Waals surface area (Å²) in [6.45, 7) is 1.88. The third-order valence-corrected chi connectivity index (χ3v) is 3.93. The lowest BCUT2D eigenvalue weighted by atomic mass is 9.98. The van der Waals surface area contributed by atoms with Crippen LogP contribution in [0.3, 0.4) is 0 Å². The van der Waals surface area contributed by atoms with Crippen LogP contribution in [0.1, 0.15) is 45.7 Å². The molecule has 9 heteroatoms. The number of furan rings is 1. The van der Waals surface area contributed by atoms with Crippen LogP contribution in [0.25, 0.3) is 0 Å². The SMILES string of the molecule is COC(=O)c1ccc(C(=O)Nc2nc(C3CCNCC3)nn2C)o1. The van der Waals surface area contributed by atoms with E-state index in [2.05, 4.69) is 25.5 Å². The number of amides is 1. The predicted octanol–water partition coefficient (Wildman–Crippen LogP) is 0.914. The maximum absolute atomic E-state index is 12.2. The van der Waals surface area contributed by atoms with Crippen LogP contribution in [-0.2, 0) is 11.8 Å². The summed E-state index contributed by atoms with van der Waals surface area (Å²) in [6.07, 6.45) is 1.94. The first-order valence-corrected chi connectivity index (χ1v) is 7.69. The number of aryl methyl sites for hydroxylation is 1. The van der Waals surface area contributed by atoms with Gasteiger partial charge in [0.1, 0.15) is 0 Å². The number of carbonyl (C=O) groups is 2. The molecule has 128 valence electrons. The van der Waals surface area contributed by atoms with Gasteiger partial charge in [0.25, 0.3) is 5.91 Å². The van der Waals surface area contributed by atoms with Crippen LogP contribution in [0.5, 0.6) is 0 Å². The maximum atomic E-state index is 12.2. The number of anilines is 1. The first kappa shape index (κ1) is 16.2. The van der Waals surface area contributed by atoms with Gasteiger partial charge in [-0.2, -0.15) is 10.1 Å². The smallest absolute Gasteiger partial charge is 0.373 e. The highest BCUT2D eigenvalue weighted by Gasteiger charge is 2.22. The Bertz CT molecular complexity index is 745. The Labute approximate surface area is 138 Å². The Morgan fingerprint density at radius 3 is 2.75 bits per heavy atom. The number of hydrogen-bond acceptors (Lipinski definition) is 7. The van der Waals surface area contributed by atoms with Crippen molar-refractivity contribution in [1.82, 2.24) is 20.1 Å². The number of methoxy groups -OCH3 is 1. The number of rotatable bonds is 4. The number of esters is 1. The molecular weight excluding hydrogens is 314 g/mol. The molecule has 0 aromatic carbocycles. The molecule has 1 saturated heterocycles. The molecule has 0 bridgehead atoms. The fourth-order valence-electron chi connectivity index (χ4n) is 2.60. The molecule has 2 aromatic rings. The normalized spacial score (nSPS) is 15.2. The fourth-order valence-corrected chi connectivity index (χ4v) is 2.60. The van der Waals surface area contributed by atoms with E-state index in [1.54, 1.807) is 7.05 Å². The molecule has 0 atom stereocenters. The molecule has 24 heavy (non-hydrogen) atoms. The molecule has 3 rings (SSSR count). The van der Waals surface area contributed by atoms with Crippen LogP contribution >= 0.6 is 0 Å². The highest BCUT2D eigenvalue weighted by molar-refractivity contribution is 6.02. The summed E-state index contributed by atoms with van der Waals surface area (Å²) in [6, 6.07) is 2.80. The van der Waals surface area contributed by atoms with Gasteiger partial charge in [0, 0.05) is 13.0 Å². The first-order valence-electron chi connectivity index (χ1n) is 7.69. The third-order valence-electron chi connectivity index (χ3n) is 3.93. The van der Waals surface area contributed by atoms with E-state index in [0.717, 1.165) is 31.8 Å². The molecule has 0 spiro atoms. The molecule has 0 aliphatic carbocycles. The number of nitrogens with zero attached hydrogens (tertiary/aromatic N) is 3.